The van der Waals surface area contributed by atoms with Crippen LogP contribution in [-0.2, 0) is 15.9 Å². The fraction of sp³-hybridized carbons (Fsp3) is 0.750. The highest BCUT2D eigenvalue weighted by Crippen LogP contribution is 2.17. The van der Waals surface area contributed by atoms with E-state index in [4.69, 9.17) is 9.47 Å². The van der Waals surface area contributed by atoms with Crippen molar-refractivity contribution in [1.29, 1.82) is 0 Å². The summed E-state index contributed by atoms with van der Waals surface area (Å²) in [6.07, 6.45) is 2.51. The van der Waals surface area contributed by atoms with Crippen molar-refractivity contribution in [1.82, 2.24) is 15.0 Å². The first-order valence-electron chi connectivity index (χ1n) is 6.17. The van der Waals surface area contributed by atoms with Crippen LogP contribution in [-0.4, -0.2) is 41.8 Å². The maximum atomic E-state index is 11.6. The first kappa shape index (κ1) is 14.6. The fourth-order valence-corrected chi connectivity index (χ4v) is 1.80. The number of rotatable bonds is 7. The number of nitrogens with zero attached hydrogens (tertiary/aromatic N) is 3. The second-order valence-electron chi connectivity index (χ2n) is 4.20. The van der Waals surface area contributed by atoms with E-state index in [-0.39, 0.29) is 6.04 Å². The molecule has 1 heterocycles. The molecule has 0 spiro atoms. The maximum absolute atomic E-state index is 11.6. The van der Waals surface area contributed by atoms with Gasteiger partial charge in [0.2, 0.25) is 0 Å². The van der Waals surface area contributed by atoms with E-state index >= 15 is 0 Å². The first-order valence-corrected chi connectivity index (χ1v) is 6.17. The number of hydrogen-bond acceptors (Lipinski definition) is 5. The topological polar surface area (TPSA) is 66.2 Å². The molecular weight excluding hydrogens is 234 g/mol. The quantitative estimate of drug-likeness (QED) is 0.692. The van der Waals surface area contributed by atoms with Gasteiger partial charge in [0.15, 0.2) is 5.69 Å². The van der Waals surface area contributed by atoms with Crippen molar-refractivity contribution in [2.24, 2.45) is 0 Å². The van der Waals surface area contributed by atoms with E-state index < -0.39 is 5.97 Å². The molecule has 6 nitrogen and oxygen atoms in total. The zero-order valence-electron chi connectivity index (χ0n) is 11.5. The highest BCUT2D eigenvalue weighted by atomic mass is 16.5. The standard InChI is InChI=1S/C12H21N3O3/c1-5-6-10-11(12(16)18-4)13-14-15(10)9(2)7-8-17-3/h9H,5-8H2,1-4H3. The summed E-state index contributed by atoms with van der Waals surface area (Å²) in [4.78, 5) is 11.6. The van der Waals surface area contributed by atoms with Crippen molar-refractivity contribution in [2.75, 3.05) is 20.8 Å². The third kappa shape index (κ3) is 3.29. The Labute approximate surface area is 107 Å². The fourth-order valence-electron chi connectivity index (χ4n) is 1.80. The van der Waals surface area contributed by atoms with Gasteiger partial charge in [0.05, 0.1) is 18.8 Å². The average Bonchev–Trinajstić information content (AvgIpc) is 2.79. The smallest absolute Gasteiger partial charge is 0.360 e. The van der Waals surface area contributed by atoms with Gasteiger partial charge in [-0.25, -0.2) is 9.48 Å². The Morgan fingerprint density at radius 2 is 2.17 bits per heavy atom. The van der Waals surface area contributed by atoms with E-state index in [0.29, 0.717) is 12.3 Å². The van der Waals surface area contributed by atoms with Crippen LogP contribution in [0.4, 0.5) is 0 Å². The minimum absolute atomic E-state index is 0.150. The van der Waals surface area contributed by atoms with E-state index in [9.17, 15) is 4.79 Å². The normalized spacial score (nSPS) is 12.4. The Bertz CT molecular complexity index is 390. The second kappa shape index (κ2) is 7.10. The summed E-state index contributed by atoms with van der Waals surface area (Å²) >= 11 is 0. The zero-order chi connectivity index (χ0) is 13.5. The van der Waals surface area contributed by atoms with Crippen LogP contribution >= 0.6 is 0 Å². The van der Waals surface area contributed by atoms with Crippen molar-refractivity contribution in [3.8, 4) is 0 Å². The van der Waals surface area contributed by atoms with E-state index in [0.717, 1.165) is 25.0 Å². The molecule has 1 aromatic rings. The van der Waals surface area contributed by atoms with Crippen LogP contribution in [0.1, 0.15) is 48.9 Å². The van der Waals surface area contributed by atoms with Gasteiger partial charge in [0.1, 0.15) is 0 Å². The largest absolute Gasteiger partial charge is 0.464 e. The van der Waals surface area contributed by atoms with Crippen molar-refractivity contribution in [3.05, 3.63) is 11.4 Å². The number of carbonyl (C=O) groups is 1. The molecule has 1 rings (SSSR count). The third-order valence-electron chi connectivity index (χ3n) is 2.81. The predicted molar refractivity (Wildman–Crippen MR) is 66.6 cm³/mol. The molecule has 0 saturated heterocycles. The number of esters is 1. The number of carbonyl (C=O) groups excluding carboxylic acids is 1. The summed E-state index contributed by atoms with van der Waals surface area (Å²) in [5.41, 5.74) is 1.16. The molecule has 0 radical (unpaired) electrons. The lowest BCUT2D eigenvalue weighted by Crippen LogP contribution is -2.14. The van der Waals surface area contributed by atoms with Gasteiger partial charge in [0, 0.05) is 13.7 Å². The minimum atomic E-state index is -0.427. The molecule has 1 aromatic heterocycles. The molecule has 0 aromatic carbocycles. The summed E-state index contributed by atoms with van der Waals surface area (Å²) in [7, 11) is 3.02. The summed E-state index contributed by atoms with van der Waals surface area (Å²) in [5.74, 6) is -0.427. The van der Waals surface area contributed by atoms with Crippen LogP contribution in [0.3, 0.4) is 0 Å². The Morgan fingerprint density at radius 3 is 2.72 bits per heavy atom. The van der Waals surface area contributed by atoms with Gasteiger partial charge in [-0.15, -0.1) is 5.10 Å². The number of ether oxygens (including phenoxy) is 2. The second-order valence-corrected chi connectivity index (χ2v) is 4.20. The summed E-state index contributed by atoms with van der Waals surface area (Å²) in [5, 5.41) is 8.00. The van der Waals surface area contributed by atoms with E-state index in [1.165, 1.54) is 7.11 Å². The Kier molecular flexibility index (Phi) is 5.77. The summed E-state index contributed by atoms with van der Waals surface area (Å²) in [6.45, 7) is 4.74. The van der Waals surface area contributed by atoms with Crippen LogP contribution in [0.25, 0.3) is 0 Å². The van der Waals surface area contributed by atoms with E-state index in [1.54, 1.807) is 11.8 Å². The monoisotopic (exact) mass is 255 g/mol. The third-order valence-corrected chi connectivity index (χ3v) is 2.81. The Morgan fingerprint density at radius 1 is 1.44 bits per heavy atom. The number of methoxy groups -OCH3 is 2. The molecule has 0 aliphatic heterocycles. The van der Waals surface area contributed by atoms with Crippen LogP contribution in [0, 0.1) is 0 Å². The van der Waals surface area contributed by atoms with Gasteiger partial charge < -0.3 is 9.47 Å². The molecule has 0 fully saturated rings. The van der Waals surface area contributed by atoms with E-state index in [2.05, 4.69) is 17.2 Å². The summed E-state index contributed by atoms with van der Waals surface area (Å²) < 4.78 is 11.6. The molecule has 1 unspecified atom stereocenters. The van der Waals surface area contributed by atoms with Crippen molar-refractivity contribution < 1.29 is 14.3 Å². The number of aromatic nitrogens is 3. The van der Waals surface area contributed by atoms with Gasteiger partial charge in [-0.2, -0.15) is 0 Å². The molecular formula is C12H21N3O3. The SMILES string of the molecule is CCCc1c(C(=O)OC)nnn1C(C)CCOC. The van der Waals surface area contributed by atoms with E-state index in [1.807, 2.05) is 6.92 Å². The lowest BCUT2D eigenvalue weighted by molar-refractivity contribution is 0.0592. The average molecular weight is 255 g/mol. The minimum Gasteiger partial charge on any atom is -0.464 e. The molecule has 0 aliphatic rings. The van der Waals surface area contributed by atoms with Crippen molar-refractivity contribution in [2.45, 2.75) is 39.2 Å². The van der Waals surface area contributed by atoms with Gasteiger partial charge in [-0.3, -0.25) is 0 Å². The van der Waals surface area contributed by atoms with Gasteiger partial charge >= 0.3 is 5.97 Å². The Hall–Kier alpha value is -1.43. The van der Waals surface area contributed by atoms with Gasteiger partial charge in [-0.05, 0) is 19.8 Å². The summed E-state index contributed by atoms with van der Waals surface area (Å²) in [6, 6.07) is 0.150. The zero-order valence-corrected chi connectivity index (χ0v) is 11.5. The highest BCUT2D eigenvalue weighted by molar-refractivity contribution is 5.88. The Balaban J connectivity index is 2.97. The number of hydrogen-bond donors (Lipinski definition) is 0. The highest BCUT2D eigenvalue weighted by Gasteiger charge is 2.21. The van der Waals surface area contributed by atoms with Gasteiger partial charge in [-0.1, -0.05) is 18.6 Å². The lowest BCUT2D eigenvalue weighted by atomic mass is 10.1. The molecule has 102 valence electrons. The first-order chi connectivity index (χ1) is 8.65. The van der Waals surface area contributed by atoms with Crippen LogP contribution in [0.5, 0.6) is 0 Å². The van der Waals surface area contributed by atoms with Crippen LogP contribution < -0.4 is 0 Å². The molecule has 6 heteroatoms. The van der Waals surface area contributed by atoms with Crippen LogP contribution in [0.15, 0.2) is 0 Å². The maximum Gasteiger partial charge on any atom is 0.360 e. The molecule has 18 heavy (non-hydrogen) atoms. The molecule has 0 aliphatic carbocycles. The molecule has 0 N–H and O–H groups in total. The predicted octanol–water partition coefficient (Wildman–Crippen LogP) is 1.61. The molecule has 0 bridgehead atoms. The molecule has 1 atom stereocenters. The van der Waals surface area contributed by atoms with Crippen LogP contribution in [0.2, 0.25) is 0 Å². The molecule has 0 saturated carbocycles. The molecule has 0 amide bonds. The van der Waals surface area contributed by atoms with Crippen molar-refractivity contribution >= 4 is 5.97 Å². The lowest BCUT2D eigenvalue weighted by Gasteiger charge is -2.14. The van der Waals surface area contributed by atoms with Crippen molar-refractivity contribution in [3.63, 3.8) is 0 Å². The van der Waals surface area contributed by atoms with Gasteiger partial charge in [0.25, 0.3) is 0 Å².